The van der Waals surface area contributed by atoms with Crippen molar-refractivity contribution in [2.24, 2.45) is 0 Å². The van der Waals surface area contributed by atoms with Gasteiger partial charge < -0.3 is 9.30 Å². The highest BCUT2D eigenvalue weighted by Gasteiger charge is 2.27. The first-order chi connectivity index (χ1) is 11.1. The molecule has 2 heterocycles. The van der Waals surface area contributed by atoms with Gasteiger partial charge in [-0.25, -0.2) is 4.79 Å². The van der Waals surface area contributed by atoms with E-state index in [2.05, 4.69) is 0 Å². The molecule has 1 aliphatic rings. The normalized spacial score (nSPS) is 12.7. The van der Waals surface area contributed by atoms with Crippen LogP contribution in [0.5, 0.6) is 0 Å². The Balaban J connectivity index is 2.15. The quantitative estimate of drug-likeness (QED) is 0.636. The Labute approximate surface area is 137 Å². The lowest BCUT2D eigenvalue weighted by Crippen LogP contribution is -2.28. The molecule has 1 aliphatic heterocycles. The maximum atomic E-state index is 12.8. The number of benzene rings is 1. The van der Waals surface area contributed by atoms with E-state index in [-0.39, 0.29) is 18.0 Å². The van der Waals surface area contributed by atoms with E-state index < -0.39 is 11.5 Å². The van der Waals surface area contributed by atoms with Crippen LogP contribution in [-0.2, 0) is 11.3 Å². The Kier molecular flexibility index (Phi) is 4.34. The second kappa shape index (κ2) is 6.42. The van der Waals surface area contributed by atoms with Gasteiger partial charge >= 0.3 is 5.97 Å². The van der Waals surface area contributed by atoms with Crippen molar-refractivity contribution in [2.45, 2.75) is 18.5 Å². The Hall–Kier alpha value is -2.34. The van der Waals surface area contributed by atoms with Crippen LogP contribution >= 0.6 is 11.8 Å². The number of pyridine rings is 1. The molecule has 0 radical (unpaired) electrons. The number of hydrogen-bond acceptors (Lipinski definition) is 5. The summed E-state index contributed by atoms with van der Waals surface area (Å²) in [5.41, 5.74) is 0.419. The lowest BCUT2D eigenvalue weighted by molar-refractivity contribution is 0.0523. The molecule has 0 unspecified atom stereocenters. The minimum Gasteiger partial charge on any atom is -0.462 e. The van der Waals surface area contributed by atoms with Crippen molar-refractivity contribution >= 4 is 23.5 Å². The van der Waals surface area contributed by atoms with Gasteiger partial charge in [-0.1, -0.05) is 30.3 Å². The van der Waals surface area contributed by atoms with Gasteiger partial charge in [0.1, 0.15) is 5.56 Å². The van der Waals surface area contributed by atoms with Crippen molar-refractivity contribution in [3.05, 3.63) is 63.4 Å². The average Bonchev–Trinajstić information content (AvgIpc) is 3.06. The van der Waals surface area contributed by atoms with Gasteiger partial charge in [0.2, 0.25) is 0 Å². The number of ether oxygens (including phenoxy) is 1. The molecule has 0 bridgehead atoms. The fourth-order valence-corrected chi connectivity index (χ4v) is 3.61. The lowest BCUT2D eigenvalue weighted by Gasteiger charge is -2.11. The number of esters is 1. The van der Waals surface area contributed by atoms with Crippen LogP contribution in [0.15, 0.2) is 46.2 Å². The molecule has 1 aromatic heterocycles. The maximum absolute atomic E-state index is 12.8. The number of thioether (sulfide) groups is 1. The molecular formula is C17H15NO4S. The third-order valence-corrected chi connectivity index (χ3v) is 4.67. The molecule has 0 saturated heterocycles. The van der Waals surface area contributed by atoms with Crippen LogP contribution in [0.3, 0.4) is 0 Å². The van der Waals surface area contributed by atoms with Crippen molar-refractivity contribution in [1.29, 1.82) is 0 Å². The number of rotatable bonds is 4. The van der Waals surface area contributed by atoms with E-state index >= 15 is 0 Å². The van der Waals surface area contributed by atoms with Crippen LogP contribution in [0, 0.1) is 0 Å². The summed E-state index contributed by atoms with van der Waals surface area (Å²) in [5, 5.41) is 0.622. The predicted molar refractivity (Wildman–Crippen MR) is 87.3 cm³/mol. The number of ketones is 1. The van der Waals surface area contributed by atoms with Crippen molar-refractivity contribution < 1.29 is 14.3 Å². The first kappa shape index (κ1) is 15.6. The van der Waals surface area contributed by atoms with E-state index in [9.17, 15) is 14.4 Å². The van der Waals surface area contributed by atoms with Crippen molar-refractivity contribution in [2.75, 3.05) is 12.4 Å². The summed E-state index contributed by atoms with van der Waals surface area (Å²) in [4.78, 5) is 37.2. The van der Waals surface area contributed by atoms with E-state index in [0.717, 1.165) is 0 Å². The molecule has 0 atom stereocenters. The minimum atomic E-state index is -0.688. The third kappa shape index (κ3) is 2.82. The summed E-state index contributed by atoms with van der Waals surface area (Å²) in [6.45, 7) is 2.34. The van der Waals surface area contributed by atoms with Crippen LogP contribution in [0.2, 0.25) is 0 Å². The summed E-state index contributed by atoms with van der Waals surface area (Å²) >= 11 is 1.46. The van der Waals surface area contributed by atoms with E-state index in [4.69, 9.17) is 4.74 Å². The van der Waals surface area contributed by atoms with Crippen molar-refractivity contribution in [3.8, 4) is 0 Å². The number of aromatic nitrogens is 1. The van der Waals surface area contributed by atoms with Crippen LogP contribution in [0.1, 0.15) is 33.2 Å². The fourth-order valence-electron chi connectivity index (χ4n) is 2.51. The molecule has 0 N–H and O–H groups in total. The fraction of sp³-hybridized carbons (Fsp3) is 0.235. The molecule has 3 rings (SSSR count). The molecular weight excluding hydrogens is 314 g/mol. The molecule has 23 heavy (non-hydrogen) atoms. The highest BCUT2D eigenvalue weighted by atomic mass is 32.2. The molecule has 5 nitrogen and oxygen atoms in total. The van der Waals surface area contributed by atoms with Crippen molar-refractivity contribution in [1.82, 2.24) is 4.57 Å². The molecule has 2 aromatic rings. The summed E-state index contributed by atoms with van der Waals surface area (Å²) in [5.74, 6) is -0.183. The number of nitrogens with zero attached hydrogens (tertiary/aromatic N) is 1. The molecule has 0 saturated carbocycles. The number of carbonyl (C=O) groups excluding carboxylic acids is 2. The average molecular weight is 329 g/mol. The number of carbonyl (C=O) groups is 2. The minimum absolute atomic E-state index is 0.0858. The molecule has 0 fully saturated rings. The molecule has 0 spiro atoms. The summed E-state index contributed by atoms with van der Waals surface area (Å²) in [6, 6.07) is 10.2. The van der Waals surface area contributed by atoms with E-state index in [0.29, 0.717) is 28.5 Å². The van der Waals surface area contributed by atoms with E-state index in [1.165, 1.54) is 22.4 Å². The van der Waals surface area contributed by atoms with Crippen LogP contribution < -0.4 is 5.56 Å². The molecule has 0 aliphatic carbocycles. The zero-order valence-corrected chi connectivity index (χ0v) is 13.4. The summed E-state index contributed by atoms with van der Waals surface area (Å²) in [6.07, 6.45) is 0. The lowest BCUT2D eigenvalue weighted by atomic mass is 10.0. The van der Waals surface area contributed by atoms with Gasteiger partial charge in [0.05, 0.1) is 17.2 Å². The van der Waals surface area contributed by atoms with Gasteiger partial charge in [-0.3, -0.25) is 9.59 Å². The third-order valence-electron chi connectivity index (χ3n) is 3.57. The molecule has 0 amide bonds. The van der Waals surface area contributed by atoms with Crippen LogP contribution in [-0.4, -0.2) is 28.7 Å². The smallest absolute Gasteiger partial charge is 0.343 e. The van der Waals surface area contributed by atoms with E-state index in [1.807, 2.05) is 6.07 Å². The second-order valence-electron chi connectivity index (χ2n) is 5.00. The molecule has 118 valence electrons. The predicted octanol–water partition coefficient (Wildman–Crippen LogP) is 2.36. The largest absolute Gasteiger partial charge is 0.462 e. The van der Waals surface area contributed by atoms with Crippen LogP contribution in [0.4, 0.5) is 0 Å². The first-order valence-electron chi connectivity index (χ1n) is 7.31. The van der Waals surface area contributed by atoms with Gasteiger partial charge in [-0.05, 0) is 13.0 Å². The van der Waals surface area contributed by atoms with Gasteiger partial charge in [-0.2, -0.15) is 0 Å². The highest BCUT2D eigenvalue weighted by molar-refractivity contribution is 7.99. The van der Waals surface area contributed by atoms with Gasteiger partial charge in [0.25, 0.3) is 5.56 Å². The molecule has 6 heteroatoms. The Bertz CT molecular complexity index is 826. The zero-order chi connectivity index (χ0) is 16.4. The van der Waals surface area contributed by atoms with Crippen LogP contribution in [0.25, 0.3) is 0 Å². The van der Waals surface area contributed by atoms with Crippen molar-refractivity contribution in [3.63, 3.8) is 0 Å². The molecule has 1 aromatic carbocycles. The van der Waals surface area contributed by atoms with E-state index in [1.54, 1.807) is 31.2 Å². The summed E-state index contributed by atoms with van der Waals surface area (Å²) < 4.78 is 6.43. The first-order valence-corrected chi connectivity index (χ1v) is 8.29. The van der Waals surface area contributed by atoms with Gasteiger partial charge in [0, 0.05) is 17.9 Å². The maximum Gasteiger partial charge on any atom is 0.343 e. The SMILES string of the molecule is CCOC(=O)c1cc(C(=O)c2ccccc2)c2n(c1=O)CCS2. The number of hydrogen-bond donors (Lipinski definition) is 0. The Morgan fingerprint density at radius 1 is 1.22 bits per heavy atom. The highest BCUT2D eigenvalue weighted by Crippen LogP contribution is 2.29. The van der Waals surface area contributed by atoms with Gasteiger partial charge in [0.15, 0.2) is 5.78 Å². The topological polar surface area (TPSA) is 65.4 Å². The Morgan fingerprint density at radius 3 is 2.65 bits per heavy atom. The standard InChI is InChI=1S/C17H15NO4S/c1-2-22-17(21)13-10-12(14(19)11-6-4-3-5-7-11)16-18(15(13)20)8-9-23-16/h3-7,10H,2,8-9H2,1H3. The number of fused-ring (bicyclic) bond motifs is 1. The Morgan fingerprint density at radius 2 is 1.96 bits per heavy atom. The second-order valence-corrected chi connectivity index (χ2v) is 6.08. The summed E-state index contributed by atoms with van der Waals surface area (Å²) in [7, 11) is 0. The monoisotopic (exact) mass is 329 g/mol. The zero-order valence-electron chi connectivity index (χ0n) is 12.6. The van der Waals surface area contributed by atoms with Gasteiger partial charge in [-0.15, -0.1) is 11.8 Å².